The highest BCUT2D eigenvalue weighted by Gasteiger charge is 2.50. The van der Waals surface area contributed by atoms with Gasteiger partial charge in [-0.15, -0.1) is 0 Å². The Morgan fingerprint density at radius 2 is 1.95 bits per heavy atom. The van der Waals surface area contributed by atoms with Crippen LogP contribution in [-0.4, -0.2) is 49.0 Å². The van der Waals surface area contributed by atoms with E-state index in [1.165, 1.54) is 12.0 Å². The van der Waals surface area contributed by atoms with E-state index in [0.29, 0.717) is 5.91 Å². The van der Waals surface area contributed by atoms with Gasteiger partial charge in [-0.3, -0.25) is 4.79 Å². The minimum atomic E-state index is -0.257. The van der Waals surface area contributed by atoms with Crippen LogP contribution in [0.15, 0.2) is 24.3 Å². The molecule has 1 unspecified atom stereocenters. The van der Waals surface area contributed by atoms with Gasteiger partial charge in [-0.05, 0) is 56.8 Å². The molecule has 1 amide bonds. The number of likely N-dealkylation sites (N-methyl/N-ethyl adjacent to an activating group) is 1. The summed E-state index contributed by atoms with van der Waals surface area (Å²) in [6, 6.07) is 8.33. The summed E-state index contributed by atoms with van der Waals surface area (Å²) in [5, 5.41) is 0.718. The Kier molecular flexibility index (Phi) is 4.51. The highest BCUT2D eigenvalue weighted by molar-refractivity contribution is 7.99. The first kappa shape index (κ1) is 15.9. The molecule has 2 aliphatic heterocycles. The minimum absolute atomic E-state index is 0.257. The average Bonchev–Trinajstić information content (AvgIpc) is 2.77. The molecule has 3 nitrogen and oxygen atoms in total. The van der Waals surface area contributed by atoms with Crippen molar-refractivity contribution in [3.8, 4) is 0 Å². The van der Waals surface area contributed by atoms with Gasteiger partial charge in [0.05, 0.1) is 5.41 Å². The fraction of sp³-hybridized carbons (Fsp3) is 0.611. The number of carbonyl (C=O) groups is 1. The van der Waals surface area contributed by atoms with Gasteiger partial charge < -0.3 is 9.80 Å². The lowest BCUT2D eigenvalue weighted by Crippen LogP contribution is -2.48. The molecule has 120 valence electrons. The smallest absolute Gasteiger partial charge is 0.237 e. The second-order valence-electron chi connectivity index (χ2n) is 6.64. The van der Waals surface area contributed by atoms with E-state index >= 15 is 0 Å². The van der Waals surface area contributed by atoms with E-state index in [1.807, 2.05) is 29.8 Å². The molecule has 0 aromatic heterocycles. The number of amides is 1. The average molecular weight is 318 g/mol. The van der Waals surface area contributed by atoms with Crippen molar-refractivity contribution in [2.75, 3.05) is 37.8 Å². The Balaban J connectivity index is 1.71. The molecule has 0 aliphatic carbocycles. The Labute approximate surface area is 138 Å². The van der Waals surface area contributed by atoms with Crippen molar-refractivity contribution in [3.63, 3.8) is 0 Å². The third kappa shape index (κ3) is 2.56. The number of para-hydroxylation sites is 1. The Hall–Kier alpha value is -1.00. The van der Waals surface area contributed by atoms with Gasteiger partial charge in [0.25, 0.3) is 0 Å². The molecule has 3 rings (SSSR count). The molecule has 0 N–H and O–H groups in total. The molecule has 1 aromatic rings. The van der Waals surface area contributed by atoms with Gasteiger partial charge in [-0.2, -0.15) is 11.8 Å². The third-order valence-electron chi connectivity index (χ3n) is 5.46. The third-order valence-corrected chi connectivity index (χ3v) is 6.50. The zero-order valence-corrected chi connectivity index (χ0v) is 14.7. The number of hydrogen-bond donors (Lipinski definition) is 0. The van der Waals surface area contributed by atoms with Gasteiger partial charge in [0.15, 0.2) is 0 Å². The largest absolute Gasteiger partial charge is 0.314 e. The van der Waals surface area contributed by atoms with E-state index in [9.17, 15) is 4.79 Å². The molecule has 0 radical (unpaired) electrons. The zero-order valence-electron chi connectivity index (χ0n) is 13.8. The van der Waals surface area contributed by atoms with Crippen molar-refractivity contribution in [1.82, 2.24) is 4.90 Å². The summed E-state index contributed by atoms with van der Waals surface area (Å²) in [4.78, 5) is 17.3. The second kappa shape index (κ2) is 6.25. The predicted molar refractivity (Wildman–Crippen MR) is 94.8 cm³/mol. The maximum atomic E-state index is 12.9. The minimum Gasteiger partial charge on any atom is -0.314 e. The van der Waals surface area contributed by atoms with Crippen LogP contribution in [0, 0.1) is 0 Å². The van der Waals surface area contributed by atoms with Crippen LogP contribution in [0.5, 0.6) is 0 Å². The molecule has 0 saturated carbocycles. The number of rotatable bonds is 4. The van der Waals surface area contributed by atoms with Gasteiger partial charge in [0.1, 0.15) is 0 Å². The molecule has 1 spiro atoms. The fourth-order valence-electron chi connectivity index (χ4n) is 3.84. The van der Waals surface area contributed by atoms with E-state index in [-0.39, 0.29) is 5.41 Å². The van der Waals surface area contributed by atoms with E-state index < -0.39 is 0 Å². The Bertz CT molecular complexity index is 552. The maximum Gasteiger partial charge on any atom is 0.237 e. The van der Waals surface area contributed by atoms with Crippen LogP contribution >= 0.6 is 11.8 Å². The Morgan fingerprint density at radius 3 is 2.64 bits per heavy atom. The molecular weight excluding hydrogens is 292 g/mol. The summed E-state index contributed by atoms with van der Waals surface area (Å²) in [6.45, 7) is 5.52. The van der Waals surface area contributed by atoms with Gasteiger partial charge in [0, 0.05) is 18.0 Å². The van der Waals surface area contributed by atoms with E-state index in [0.717, 1.165) is 43.4 Å². The van der Waals surface area contributed by atoms with Crippen LogP contribution < -0.4 is 4.90 Å². The molecule has 1 aromatic carbocycles. The lowest BCUT2D eigenvalue weighted by molar-refractivity contribution is -0.124. The summed E-state index contributed by atoms with van der Waals surface area (Å²) in [7, 11) is 1.92. The van der Waals surface area contributed by atoms with Gasteiger partial charge in [0.2, 0.25) is 5.91 Å². The maximum absolute atomic E-state index is 12.9. The lowest BCUT2D eigenvalue weighted by atomic mass is 9.73. The number of anilines is 1. The molecular formula is C18H26N2OS. The number of benzene rings is 1. The molecule has 2 heterocycles. The van der Waals surface area contributed by atoms with Crippen molar-refractivity contribution in [1.29, 1.82) is 0 Å². The quantitative estimate of drug-likeness (QED) is 0.852. The molecule has 1 fully saturated rings. The topological polar surface area (TPSA) is 23.6 Å². The van der Waals surface area contributed by atoms with Gasteiger partial charge >= 0.3 is 0 Å². The Morgan fingerprint density at radius 1 is 1.27 bits per heavy atom. The van der Waals surface area contributed by atoms with Crippen LogP contribution in [0.2, 0.25) is 0 Å². The van der Waals surface area contributed by atoms with Crippen molar-refractivity contribution in [2.45, 2.75) is 36.9 Å². The van der Waals surface area contributed by atoms with Crippen molar-refractivity contribution in [3.05, 3.63) is 29.8 Å². The molecule has 1 atom stereocenters. The van der Waals surface area contributed by atoms with Crippen LogP contribution in [0.4, 0.5) is 5.69 Å². The number of fused-ring (bicyclic) bond motifs is 2. The first-order chi connectivity index (χ1) is 10.6. The molecule has 2 aliphatic rings. The lowest BCUT2D eigenvalue weighted by Gasteiger charge is -2.38. The molecule has 1 saturated heterocycles. The zero-order chi connectivity index (χ0) is 15.7. The second-order valence-corrected chi connectivity index (χ2v) is 7.92. The fourth-order valence-corrected chi connectivity index (χ4v) is 4.18. The normalized spacial score (nSPS) is 22.1. The van der Waals surface area contributed by atoms with Gasteiger partial charge in [-0.1, -0.05) is 25.1 Å². The molecule has 22 heavy (non-hydrogen) atoms. The summed E-state index contributed by atoms with van der Waals surface area (Å²) < 4.78 is 0. The highest BCUT2D eigenvalue weighted by atomic mass is 32.2. The van der Waals surface area contributed by atoms with Crippen LogP contribution in [0.25, 0.3) is 0 Å². The number of thioether (sulfide) groups is 1. The monoisotopic (exact) mass is 318 g/mol. The first-order valence-corrected chi connectivity index (χ1v) is 9.50. The number of carbonyl (C=O) groups excluding carboxylic acids is 1. The van der Waals surface area contributed by atoms with Crippen LogP contribution in [-0.2, 0) is 10.2 Å². The van der Waals surface area contributed by atoms with E-state index in [4.69, 9.17) is 0 Å². The number of likely N-dealkylation sites (tertiary alicyclic amines) is 1. The predicted octanol–water partition coefficient (Wildman–Crippen LogP) is 3.14. The van der Waals surface area contributed by atoms with Crippen molar-refractivity contribution >= 4 is 23.4 Å². The number of nitrogens with zero attached hydrogens (tertiary/aromatic N) is 2. The summed E-state index contributed by atoms with van der Waals surface area (Å²) in [6.07, 6.45) is 5.33. The molecule has 0 bridgehead atoms. The van der Waals surface area contributed by atoms with Gasteiger partial charge in [-0.25, -0.2) is 0 Å². The van der Waals surface area contributed by atoms with E-state index in [1.54, 1.807) is 0 Å². The van der Waals surface area contributed by atoms with Crippen LogP contribution in [0.3, 0.4) is 0 Å². The standard InChI is InChI=1S/C18H26N2OS/c1-14(22-3)8-11-20-12-9-18(10-13-20)15-6-4-5-7-16(15)19(2)17(18)21/h4-7,14H,8-13H2,1-3H3. The number of hydrogen-bond acceptors (Lipinski definition) is 3. The molecule has 4 heteroatoms. The highest BCUT2D eigenvalue weighted by Crippen LogP contribution is 2.47. The van der Waals surface area contributed by atoms with Crippen molar-refractivity contribution < 1.29 is 4.79 Å². The summed E-state index contributed by atoms with van der Waals surface area (Å²) in [5.41, 5.74) is 2.10. The van der Waals surface area contributed by atoms with Crippen LogP contribution in [0.1, 0.15) is 31.7 Å². The van der Waals surface area contributed by atoms with Crippen molar-refractivity contribution in [2.24, 2.45) is 0 Å². The SMILES string of the molecule is CSC(C)CCN1CCC2(CC1)C(=O)N(C)c1ccccc12. The number of piperidine rings is 1. The summed E-state index contributed by atoms with van der Waals surface area (Å²) >= 11 is 1.94. The first-order valence-electron chi connectivity index (χ1n) is 8.21. The van der Waals surface area contributed by atoms with E-state index in [2.05, 4.69) is 36.3 Å². The summed E-state index contributed by atoms with van der Waals surface area (Å²) in [5.74, 6) is 0.297.